The van der Waals surface area contributed by atoms with Crippen molar-refractivity contribution < 1.29 is 14.4 Å². The van der Waals surface area contributed by atoms with E-state index in [2.05, 4.69) is 50.9 Å². The van der Waals surface area contributed by atoms with Gasteiger partial charge in [0.1, 0.15) is 5.54 Å². The van der Waals surface area contributed by atoms with E-state index in [-0.39, 0.29) is 30.2 Å². The predicted octanol–water partition coefficient (Wildman–Crippen LogP) is 1.88. The Morgan fingerprint density at radius 2 is 2.06 bits per heavy atom. The molecule has 2 atom stereocenters. The van der Waals surface area contributed by atoms with Crippen LogP contribution in [-0.4, -0.2) is 64.2 Å². The maximum atomic E-state index is 13.0. The molecule has 3 aliphatic rings. The molecule has 0 bridgehead atoms. The standard InChI is InChI=1S/C23H28N6O3/c1-15-14-28(20(30)7-8-23(18-5-6-18)21(31)26-22(32)27-23)9-10-29(15)19-4-2-3-16(11-19)17-12-24-25-13-17/h2-4,11-13,15,18H,5-10,14H2,1H3,(H,24,25)(H2,26,27,31,32)/t15-,23?/m0/s1. The van der Waals surface area contributed by atoms with Gasteiger partial charge in [-0.15, -0.1) is 0 Å². The molecule has 9 heteroatoms. The molecule has 5 rings (SSSR count). The summed E-state index contributed by atoms with van der Waals surface area (Å²) in [6, 6.07) is 8.07. The summed E-state index contributed by atoms with van der Waals surface area (Å²) < 4.78 is 0. The number of benzene rings is 1. The molecule has 3 fully saturated rings. The van der Waals surface area contributed by atoms with Crippen LogP contribution in [0.4, 0.5) is 10.5 Å². The average Bonchev–Trinajstić information content (AvgIpc) is 3.41. The van der Waals surface area contributed by atoms with E-state index in [1.807, 2.05) is 17.2 Å². The number of nitrogens with zero attached hydrogens (tertiary/aromatic N) is 3. The van der Waals surface area contributed by atoms with Crippen molar-refractivity contribution in [3.05, 3.63) is 36.7 Å². The minimum Gasteiger partial charge on any atom is -0.365 e. The van der Waals surface area contributed by atoms with Crippen LogP contribution in [-0.2, 0) is 9.59 Å². The number of imide groups is 1. The second kappa shape index (κ2) is 7.96. The van der Waals surface area contributed by atoms with Crippen LogP contribution in [0, 0.1) is 5.92 Å². The highest BCUT2D eigenvalue weighted by Gasteiger charge is 2.55. The van der Waals surface area contributed by atoms with Crippen molar-refractivity contribution in [1.29, 1.82) is 0 Å². The van der Waals surface area contributed by atoms with Crippen molar-refractivity contribution in [3.8, 4) is 11.1 Å². The number of amides is 4. The van der Waals surface area contributed by atoms with Gasteiger partial charge in [-0.1, -0.05) is 12.1 Å². The third-order valence-corrected chi connectivity index (χ3v) is 6.97. The zero-order valence-electron chi connectivity index (χ0n) is 18.1. The lowest BCUT2D eigenvalue weighted by atomic mass is 9.87. The minimum absolute atomic E-state index is 0.0395. The van der Waals surface area contributed by atoms with E-state index in [0.717, 1.165) is 36.2 Å². The molecule has 3 N–H and O–H groups in total. The second-order valence-electron chi connectivity index (χ2n) is 9.07. The summed E-state index contributed by atoms with van der Waals surface area (Å²) in [7, 11) is 0. The van der Waals surface area contributed by atoms with Crippen LogP contribution in [0.25, 0.3) is 11.1 Å². The lowest BCUT2D eigenvalue weighted by molar-refractivity contribution is -0.133. The van der Waals surface area contributed by atoms with Crippen molar-refractivity contribution in [1.82, 2.24) is 25.7 Å². The summed E-state index contributed by atoms with van der Waals surface area (Å²) in [4.78, 5) is 41.3. The fourth-order valence-electron chi connectivity index (χ4n) is 5.05. The fourth-order valence-corrected chi connectivity index (χ4v) is 5.05. The topological polar surface area (TPSA) is 110 Å². The van der Waals surface area contributed by atoms with Gasteiger partial charge in [0.05, 0.1) is 6.20 Å². The van der Waals surface area contributed by atoms with E-state index in [9.17, 15) is 14.4 Å². The van der Waals surface area contributed by atoms with E-state index in [0.29, 0.717) is 19.5 Å². The number of rotatable bonds is 6. The van der Waals surface area contributed by atoms with Crippen LogP contribution < -0.4 is 15.5 Å². The molecule has 9 nitrogen and oxygen atoms in total. The number of urea groups is 1. The third-order valence-electron chi connectivity index (χ3n) is 6.97. The Hall–Kier alpha value is -3.36. The first-order chi connectivity index (χ1) is 15.5. The quantitative estimate of drug-likeness (QED) is 0.599. The van der Waals surface area contributed by atoms with Gasteiger partial charge in [-0.3, -0.25) is 20.0 Å². The van der Waals surface area contributed by atoms with Crippen LogP contribution in [0.2, 0.25) is 0 Å². The number of H-pyrrole nitrogens is 1. The van der Waals surface area contributed by atoms with Crippen molar-refractivity contribution in [2.75, 3.05) is 24.5 Å². The number of carbonyl (C=O) groups excluding carboxylic acids is 3. The maximum absolute atomic E-state index is 13.0. The van der Waals surface area contributed by atoms with Crippen LogP contribution in [0.1, 0.15) is 32.6 Å². The van der Waals surface area contributed by atoms with Crippen LogP contribution in [0.15, 0.2) is 36.7 Å². The van der Waals surface area contributed by atoms with Gasteiger partial charge in [-0.05, 0) is 49.8 Å². The Morgan fingerprint density at radius 1 is 1.22 bits per heavy atom. The van der Waals surface area contributed by atoms with Gasteiger partial charge in [0.25, 0.3) is 5.91 Å². The van der Waals surface area contributed by atoms with E-state index >= 15 is 0 Å². The summed E-state index contributed by atoms with van der Waals surface area (Å²) in [5, 5.41) is 12.0. The van der Waals surface area contributed by atoms with Gasteiger partial charge >= 0.3 is 6.03 Å². The lowest BCUT2D eigenvalue weighted by Crippen LogP contribution is -2.54. The van der Waals surface area contributed by atoms with Crippen molar-refractivity contribution in [2.24, 2.45) is 5.92 Å². The molecule has 2 saturated heterocycles. The second-order valence-corrected chi connectivity index (χ2v) is 9.07. The first kappa shape index (κ1) is 20.5. The Balaban J connectivity index is 1.21. The monoisotopic (exact) mass is 436 g/mol. The fraction of sp³-hybridized carbons (Fsp3) is 0.478. The molecule has 2 aromatic rings. The van der Waals surface area contributed by atoms with E-state index in [4.69, 9.17) is 0 Å². The maximum Gasteiger partial charge on any atom is 0.322 e. The van der Waals surface area contributed by atoms with Gasteiger partial charge in [0.15, 0.2) is 0 Å². The largest absolute Gasteiger partial charge is 0.365 e. The number of piperazine rings is 1. The normalized spacial score (nSPS) is 25.6. The molecular formula is C23H28N6O3. The number of carbonyl (C=O) groups is 3. The van der Waals surface area contributed by atoms with Gasteiger partial charge in [-0.25, -0.2) is 4.79 Å². The van der Waals surface area contributed by atoms with Gasteiger partial charge < -0.3 is 15.1 Å². The number of aromatic nitrogens is 2. The summed E-state index contributed by atoms with van der Waals surface area (Å²) in [6.45, 7) is 4.13. The number of aromatic amines is 1. The minimum atomic E-state index is -0.909. The van der Waals surface area contributed by atoms with Gasteiger partial charge in [0, 0.05) is 49.5 Å². The number of hydrogen-bond acceptors (Lipinski definition) is 5. The molecule has 32 heavy (non-hydrogen) atoms. The molecule has 3 heterocycles. The number of nitrogens with one attached hydrogen (secondary N) is 3. The molecule has 0 spiro atoms. The summed E-state index contributed by atoms with van der Waals surface area (Å²) in [5.74, 6) is -0.105. The summed E-state index contributed by atoms with van der Waals surface area (Å²) >= 11 is 0. The zero-order chi connectivity index (χ0) is 22.3. The van der Waals surface area contributed by atoms with Gasteiger partial charge in [0.2, 0.25) is 5.91 Å². The molecule has 2 aliphatic heterocycles. The zero-order valence-corrected chi connectivity index (χ0v) is 18.1. The number of anilines is 1. The molecule has 0 radical (unpaired) electrons. The Labute approximate surface area is 186 Å². The molecule has 1 aromatic heterocycles. The number of hydrogen-bond donors (Lipinski definition) is 3. The summed E-state index contributed by atoms with van der Waals surface area (Å²) in [6.07, 6.45) is 6.12. The molecule has 1 saturated carbocycles. The summed E-state index contributed by atoms with van der Waals surface area (Å²) in [5.41, 5.74) is 2.36. The van der Waals surface area contributed by atoms with Crippen LogP contribution in [0.3, 0.4) is 0 Å². The highest BCUT2D eigenvalue weighted by atomic mass is 16.2. The molecule has 1 unspecified atom stereocenters. The van der Waals surface area contributed by atoms with E-state index < -0.39 is 11.6 Å². The lowest BCUT2D eigenvalue weighted by Gasteiger charge is -2.41. The SMILES string of the molecule is C[C@H]1CN(C(=O)CCC2(C3CC3)NC(=O)NC2=O)CCN1c1cccc(-c2cn[nH]c2)c1. The predicted molar refractivity (Wildman–Crippen MR) is 119 cm³/mol. The third kappa shape index (κ3) is 3.72. The average molecular weight is 437 g/mol. The van der Waals surface area contributed by atoms with Crippen molar-refractivity contribution in [2.45, 2.75) is 44.2 Å². The Kier molecular flexibility index (Phi) is 5.11. The molecular weight excluding hydrogens is 408 g/mol. The molecule has 4 amide bonds. The van der Waals surface area contributed by atoms with Crippen molar-refractivity contribution >= 4 is 23.5 Å². The Bertz CT molecular complexity index is 1030. The van der Waals surface area contributed by atoms with Crippen LogP contribution in [0.5, 0.6) is 0 Å². The Morgan fingerprint density at radius 3 is 2.72 bits per heavy atom. The molecule has 1 aromatic carbocycles. The van der Waals surface area contributed by atoms with Crippen LogP contribution >= 0.6 is 0 Å². The highest BCUT2D eigenvalue weighted by molar-refractivity contribution is 6.07. The molecule has 1 aliphatic carbocycles. The first-order valence-electron chi connectivity index (χ1n) is 11.2. The molecule has 168 valence electrons. The van der Waals surface area contributed by atoms with Gasteiger partial charge in [-0.2, -0.15) is 5.10 Å². The first-order valence-corrected chi connectivity index (χ1v) is 11.2. The van der Waals surface area contributed by atoms with Crippen molar-refractivity contribution in [3.63, 3.8) is 0 Å². The smallest absolute Gasteiger partial charge is 0.322 e. The van der Waals surface area contributed by atoms with E-state index in [1.54, 1.807) is 6.20 Å². The highest BCUT2D eigenvalue weighted by Crippen LogP contribution is 2.43. The van der Waals surface area contributed by atoms with E-state index in [1.165, 1.54) is 0 Å².